The van der Waals surface area contributed by atoms with Crippen molar-refractivity contribution in [3.8, 4) is 6.01 Å². The molecule has 3 rings (SSSR count). The van der Waals surface area contributed by atoms with Gasteiger partial charge in [-0.25, -0.2) is 4.98 Å². The molecular weight excluding hydrogens is 368 g/mol. The lowest BCUT2D eigenvalue weighted by Gasteiger charge is -2.32. The summed E-state index contributed by atoms with van der Waals surface area (Å²) in [5.41, 5.74) is 0.164. The Morgan fingerprint density at radius 1 is 1.30 bits per heavy atom. The topological polar surface area (TPSA) is 96.4 Å². The number of methoxy groups -OCH3 is 1. The number of halogens is 1. The molecule has 0 saturated heterocycles. The number of hydrogen-bond donors (Lipinski definition) is 3. The van der Waals surface area contributed by atoms with Gasteiger partial charge in [-0.2, -0.15) is 4.98 Å². The predicted molar refractivity (Wildman–Crippen MR) is 104 cm³/mol. The third-order valence-corrected chi connectivity index (χ3v) is 4.99. The molecule has 0 radical (unpaired) electrons. The normalized spacial score (nSPS) is 15.8. The lowest BCUT2D eigenvalue weighted by molar-refractivity contribution is 0.00526. The summed E-state index contributed by atoms with van der Waals surface area (Å²) in [5.74, 6) is 0.218. The van der Waals surface area contributed by atoms with Gasteiger partial charge in [0.05, 0.1) is 23.3 Å². The van der Waals surface area contributed by atoms with E-state index in [-0.39, 0.29) is 18.5 Å². The van der Waals surface area contributed by atoms with Crippen LogP contribution in [0.15, 0.2) is 30.5 Å². The maximum Gasteiger partial charge on any atom is 0.318 e. The van der Waals surface area contributed by atoms with Crippen molar-refractivity contribution >= 4 is 29.0 Å². The lowest BCUT2D eigenvalue weighted by Crippen LogP contribution is -2.44. The van der Waals surface area contributed by atoms with Gasteiger partial charge in [0.25, 0.3) is 5.91 Å². The van der Waals surface area contributed by atoms with Crippen LogP contribution < -0.4 is 15.4 Å². The SMILES string of the molecule is COc1nccc(Nc2ccc(Cl)c(C(=O)NCC3(O)CCCCC3)c2)n1. The number of nitrogens with zero attached hydrogens (tertiary/aromatic N) is 2. The van der Waals surface area contributed by atoms with E-state index in [9.17, 15) is 9.90 Å². The van der Waals surface area contributed by atoms with Gasteiger partial charge in [0.2, 0.25) is 0 Å². The largest absolute Gasteiger partial charge is 0.467 e. The van der Waals surface area contributed by atoms with Crippen molar-refractivity contribution in [1.29, 1.82) is 0 Å². The zero-order chi connectivity index (χ0) is 19.3. The molecule has 1 amide bonds. The number of carbonyl (C=O) groups is 1. The average Bonchev–Trinajstić information content (AvgIpc) is 2.68. The maximum absolute atomic E-state index is 12.6. The molecule has 1 aromatic heterocycles. The Bertz CT molecular complexity index is 809. The van der Waals surface area contributed by atoms with E-state index in [0.717, 1.165) is 19.3 Å². The lowest BCUT2D eigenvalue weighted by atomic mass is 9.85. The molecule has 8 heteroatoms. The zero-order valence-corrected chi connectivity index (χ0v) is 15.9. The highest BCUT2D eigenvalue weighted by atomic mass is 35.5. The number of amides is 1. The summed E-state index contributed by atoms with van der Waals surface area (Å²) in [6, 6.07) is 6.98. The summed E-state index contributed by atoms with van der Waals surface area (Å²) >= 11 is 6.20. The van der Waals surface area contributed by atoms with Crippen LogP contribution in [0.4, 0.5) is 11.5 Å². The van der Waals surface area contributed by atoms with Gasteiger partial charge in [0.15, 0.2) is 0 Å². The molecule has 0 bridgehead atoms. The highest BCUT2D eigenvalue weighted by Crippen LogP contribution is 2.28. The average molecular weight is 391 g/mol. The molecule has 1 fully saturated rings. The number of rotatable bonds is 6. The molecule has 2 aromatic rings. The molecule has 0 atom stereocenters. The fourth-order valence-electron chi connectivity index (χ4n) is 3.16. The number of carbonyl (C=O) groups excluding carboxylic acids is 1. The first-order valence-corrected chi connectivity index (χ1v) is 9.31. The van der Waals surface area contributed by atoms with Crippen molar-refractivity contribution in [3.05, 3.63) is 41.0 Å². The van der Waals surface area contributed by atoms with Crippen molar-refractivity contribution in [3.63, 3.8) is 0 Å². The summed E-state index contributed by atoms with van der Waals surface area (Å²) in [6.45, 7) is 0.225. The second-order valence-electron chi connectivity index (χ2n) is 6.72. The van der Waals surface area contributed by atoms with Gasteiger partial charge < -0.3 is 20.5 Å². The molecule has 1 aliphatic rings. The number of hydrogen-bond acceptors (Lipinski definition) is 6. The molecule has 0 spiro atoms. The molecule has 1 aromatic carbocycles. The quantitative estimate of drug-likeness (QED) is 0.700. The summed E-state index contributed by atoms with van der Waals surface area (Å²) in [7, 11) is 1.49. The van der Waals surface area contributed by atoms with Crippen LogP contribution in [0.2, 0.25) is 5.02 Å². The van der Waals surface area contributed by atoms with E-state index in [1.54, 1.807) is 30.5 Å². The number of anilines is 2. The second-order valence-corrected chi connectivity index (χ2v) is 7.12. The third kappa shape index (κ3) is 5.08. The van der Waals surface area contributed by atoms with Crippen molar-refractivity contribution in [2.24, 2.45) is 0 Å². The van der Waals surface area contributed by atoms with E-state index < -0.39 is 5.60 Å². The predicted octanol–water partition coefficient (Wildman–Crippen LogP) is 3.31. The number of nitrogens with one attached hydrogen (secondary N) is 2. The van der Waals surface area contributed by atoms with Gasteiger partial charge in [-0.15, -0.1) is 0 Å². The highest BCUT2D eigenvalue weighted by molar-refractivity contribution is 6.34. The first kappa shape index (κ1) is 19.4. The van der Waals surface area contributed by atoms with E-state index in [1.165, 1.54) is 7.11 Å². The minimum Gasteiger partial charge on any atom is -0.467 e. The van der Waals surface area contributed by atoms with E-state index >= 15 is 0 Å². The van der Waals surface area contributed by atoms with Crippen LogP contribution in [0.3, 0.4) is 0 Å². The molecule has 1 aliphatic carbocycles. The number of aliphatic hydroxyl groups is 1. The Balaban J connectivity index is 1.69. The summed E-state index contributed by atoms with van der Waals surface area (Å²) in [6.07, 6.45) is 6.08. The molecule has 0 aliphatic heterocycles. The van der Waals surface area contributed by atoms with Gasteiger partial charge in [-0.1, -0.05) is 30.9 Å². The Kier molecular flexibility index (Phi) is 6.13. The second kappa shape index (κ2) is 8.54. The van der Waals surface area contributed by atoms with E-state index in [4.69, 9.17) is 16.3 Å². The van der Waals surface area contributed by atoms with Crippen LogP contribution in [0.25, 0.3) is 0 Å². The van der Waals surface area contributed by atoms with Crippen LogP contribution in [0.5, 0.6) is 6.01 Å². The highest BCUT2D eigenvalue weighted by Gasteiger charge is 2.29. The molecule has 1 saturated carbocycles. The molecule has 27 heavy (non-hydrogen) atoms. The molecule has 1 heterocycles. The van der Waals surface area contributed by atoms with Gasteiger partial charge in [-0.3, -0.25) is 4.79 Å². The minimum absolute atomic E-state index is 0.225. The Hall–Kier alpha value is -2.38. The summed E-state index contributed by atoms with van der Waals surface area (Å²) in [4.78, 5) is 20.7. The molecule has 0 unspecified atom stereocenters. The van der Waals surface area contributed by atoms with Crippen molar-refractivity contribution in [2.75, 3.05) is 19.0 Å². The molecule has 144 valence electrons. The first-order valence-electron chi connectivity index (χ1n) is 8.93. The Morgan fingerprint density at radius 2 is 2.07 bits per heavy atom. The van der Waals surface area contributed by atoms with Crippen molar-refractivity contribution < 1.29 is 14.6 Å². The smallest absolute Gasteiger partial charge is 0.318 e. The van der Waals surface area contributed by atoms with Crippen LogP contribution in [0, 0.1) is 0 Å². The van der Waals surface area contributed by atoms with Crippen LogP contribution in [-0.2, 0) is 0 Å². The molecule has 7 nitrogen and oxygen atoms in total. The van der Waals surface area contributed by atoms with E-state index in [1.807, 2.05) is 0 Å². The molecular formula is C19H23ClN4O3. The summed E-state index contributed by atoms with van der Waals surface area (Å²) in [5, 5.41) is 16.8. The number of benzene rings is 1. The van der Waals surface area contributed by atoms with Gasteiger partial charge >= 0.3 is 6.01 Å². The summed E-state index contributed by atoms with van der Waals surface area (Å²) < 4.78 is 5.00. The first-order chi connectivity index (χ1) is 13.0. The minimum atomic E-state index is -0.826. The molecule has 3 N–H and O–H groups in total. The van der Waals surface area contributed by atoms with Crippen molar-refractivity contribution in [1.82, 2.24) is 15.3 Å². The monoisotopic (exact) mass is 390 g/mol. The van der Waals surface area contributed by atoms with E-state index in [0.29, 0.717) is 34.9 Å². The Morgan fingerprint density at radius 3 is 2.81 bits per heavy atom. The van der Waals surface area contributed by atoms with Gasteiger partial charge in [-0.05, 0) is 37.1 Å². The van der Waals surface area contributed by atoms with Crippen molar-refractivity contribution in [2.45, 2.75) is 37.7 Å². The standard InChI is InChI=1S/C19H23ClN4O3/c1-27-18-21-10-7-16(24-18)23-13-5-6-15(20)14(11-13)17(25)22-12-19(26)8-3-2-4-9-19/h5-7,10-11,26H,2-4,8-9,12H2,1H3,(H,22,25)(H,21,23,24). The van der Waals surface area contributed by atoms with E-state index in [2.05, 4.69) is 20.6 Å². The van der Waals surface area contributed by atoms with Crippen LogP contribution >= 0.6 is 11.6 Å². The van der Waals surface area contributed by atoms with Gasteiger partial charge in [0, 0.05) is 18.4 Å². The van der Waals surface area contributed by atoms with Crippen LogP contribution in [0.1, 0.15) is 42.5 Å². The number of aromatic nitrogens is 2. The zero-order valence-electron chi connectivity index (χ0n) is 15.2. The fraction of sp³-hybridized carbons (Fsp3) is 0.421. The third-order valence-electron chi connectivity index (χ3n) is 4.66. The van der Waals surface area contributed by atoms with Crippen LogP contribution in [-0.4, -0.2) is 40.2 Å². The number of ether oxygens (including phenoxy) is 1. The fourth-order valence-corrected chi connectivity index (χ4v) is 3.36. The maximum atomic E-state index is 12.6. The van der Waals surface area contributed by atoms with Gasteiger partial charge in [0.1, 0.15) is 5.82 Å². The Labute approximate surface area is 163 Å².